The zero-order valence-corrected chi connectivity index (χ0v) is 21.0. The van der Waals surface area contributed by atoms with E-state index in [1.165, 1.54) is 4.90 Å². The third-order valence-corrected chi connectivity index (χ3v) is 6.85. The van der Waals surface area contributed by atoms with Crippen molar-refractivity contribution in [3.8, 4) is 5.75 Å². The number of hydrogen-bond acceptors (Lipinski definition) is 5. The SMILES string of the molecule is Cc1ccc(NC(=O)COc2cccc(/C=C3\SC(=O)N(Cc4cccc5ccccc45)C3=O)c2)cc1. The highest BCUT2D eigenvalue weighted by Gasteiger charge is 2.35. The predicted molar refractivity (Wildman–Crippen MR) is 147 cm³/mol. The maximum absolute atomic E-state index is 13.1. The van der Waals surface area contributed by atoms with E-state index in [1.807, 2.05) is 79.7 Å². The molecule has 0 unspecified atom stereocenters. The monoisotopic (exact) mass is 508 g/mol. The first-order valence-corrected chi connectivity index (χ1v) is 12.6. The summed E-state index contributed by atoms with van der Waals surface area (Å²) in [7, 11) is 0. The first-order chi connectivity index (χ1) is 18.0. The summed E-state index contributed by atoms with van der Waals surface area (Å²) in [4.78, 5) is 39.6. The van der Waals surface area contributed by atoms with Crippen LogP contribution in [-0.4, -0.2) is 28.6 Å². The summed E-state index contributed by atoms with van der Waals surface area (Å²) in [5.41, 5.74) is 3.43. The molecule has 5 rings (SSSR count). The fraction of sp³-hybridized carbons (Fsp3) is 0.100. The maximum Gasteiger partial charge on any atom is 0.293 e. The Balaban J connectivity index is 1.25. The Morgan fingerprint density at radius 1 is 0.946 bits per heavy atom. The summed E-state index contributed by atoms with van der Waals surface area (Å²) >= 11 is 0.921. The molecule has 0 saturated carbocycles. The normalized spacial score (nSPS) is 14.4. The molecule has 0 aromatic heterocycles. The average molecular weight is 509 g/mol. The number of nitrogens with zero attached hydrogens (tertiary/aromatic N) is 1. The number of ether oxygens (including phenoxy) is 1. The first kappa shape index (κ1) is 24.3. The molecule has 1 saturated heterocycles. The summed E-state index contributed by atoms with van der Waals surface area (Å²) in [6.07, 6.45) is 1.67. The Labute approximate surface area is 218 Å². The molecule has 0 radical (unpaired) electrons. The van der Waals surface area contributed by atoms with Gasteiger partial charge in [0.2, 0.25) is 0 Å². The minimum atomic E-state index is -0.327. The standard InChI is InChI=1S/C30H24N2O4S/c1-20-12-14-24(15-13-20)31-28(33)19-36-25-10-4-6-21(16-25)17-27-29(34)32(30(35)37-27)18-23-9-5-8-22-7-2-3-11-26(22)23/h2-17H,18-19H2,1H3,(H,31,33)/b27-17-. The van der Waals surface area contributed by atoms with Gasteiger partial charge in [-0.15, -0.1) is 0 Å². The van der Waals surface area contributed by atoms with Crippen LogP contribution < -0.4 is 10.1 Å². The van der Waals surface area contributed by atoms with E-state index >= 15 is 0 Å². The van der Waals surface area contributed by atoms with Gasteiger partial charge in [0.1, 0.15) is 5.75 Å². The van der Waals surface area contributed by atoms with Gasteiger partial charge in [-0.3, -0.25) is 19.3 Å². The van der Waals surface area contributed by atoms with Crippen molar-refractivity contribution in [3.05, 3.63) is 113 Å². The van der Waals surface area contributed by atoms with Crippen molar-refractivity contribution >= 4 is 51.4 Å². The molecule has 1 aliphatic heterocycles. The molecule has 1 aliphatic rings. The van der Waals surface area contributed by atoms with Gasteiger partial charge in [0.15, 0.2) is 6.61 Å². The minimum Gasteiger partial charge on any atom is -0.484 e. The zero-order valence-electron chi connectivity index (χ0n) is 20.1. The van der Waals surface area contributed by atoms with E-state index < -0.39 is 0 Å². The Hall–Kier alpha value is -4.36. The van der Waals surface area contributed by atoms with Crippen molar-refractivity contribution in [1.29, 1.82) is 0 Å². The predicted octanol–water partition coefficient (Wildman–Crippen LogP) is 6.40. The van der Waals surface area contributed by atoms with Crippen LogP contribution in [0.15, 0.2) is 95.9 Å². The Morgan fingerprint density at radius 3 is 2.54 bits per heavy atom. The highest BCUT2D eigenvalue weighted by molar-refractivity contribution is 8.18. The highest BCUT2D eigenvalue weighted by atomic mass is 32.2. The molecule has 4 aromatic carbocycles. The van der Waals surface area contributed by atoms with E-state index in [1.54, 1.807) is 24.3 Å². The van der Waals surface area contributed by atoms with Crippen molar-refractivity contribution in [3.63, 3.8) is 0 Å². The molecule has 37 heavy (non-hydrogen) atoms. The fourth-order valence-electron chi connectivity index (χ4n) is 4.07. The number of anilines is 1. The van der Waals surface area contributed by atoms with Crippen LogP contribution in [0.2, 0.25) is 0 Å². The summed E-state index contributed by atoms with van der Waals surface area (Å²) in [6, 6.07) is 28.4. The topological polar surface area (TPSA) is 75.7 Å². The van der Waals surface area contributed by atoms with Crippen molar-refractivity contribution in [2.24, 2.45) is 0 Å². The molecule has 0 spiro atoms. The Bertz CT molecular complexity index is 1520. The lowest BCUT2D eigenvalue weighted by molar-refractivity contribution is -0.123. The number of fused-ring (bicyclic) bond motifs is 1. The fourth-order valence-corrected chi connectivity index (χ4v) is 4.90. The number of benzene rings is 4. The van der Waals surface area contributed by atoms with Gasteiger partial charge in [-0.2, -0.15) is 0 Å². The summed E-state index contributed by atoms with van der Waals surface area (Å²) in [5, 5.41) is 4.57. The number of thioether (sulfide) groups is 1. The van der Waals surface area contributed by atoms with Gasteiger partial charge in [-0.05, 0) is 70.9 Å². The number of hydrogen-bond donors (Lipinski definition) is 1. The Kier molecular flexibility index (Phi) is 7.05. The minimum absolute atomic E-state index is 0.154. The summed E-state index contributed by atoms with van der Waals surface area (Å²) < 4.78 is 5.65. The molecule has 184 valence electrons. The van der Waals surface area contributed by atoms with Gasteiger partial charge in [0, 0.05) is 5.69 Å². The molecule has 6 nitrogen and oxygen atoms in total. The molecular formula is C30H24N2O4S. The van der Waals surface area contributed by atoms with Crippen molar-refractivity contribution in [2.75, 3.05) is 11.9 Å². The number of imide groups is 1. The number of nitrogens with one attached hydrogen (secondary N) is 1. The first-order valence-electron chi connectivity index (χ1n) is 11.8. The lowest BCUT2D eigenvalue weighted by Crippen LogP contribution is -2.27. The smallest absolute Gasteiger partial charge is 0.293 e. The molecule has 0 atom stereocenters. The number of aryl methyl sites for hydroxylation is 1. The number of carbonyl (C=O) groups is 3. The maximum atomic E-state index is 13.1. The van der Waals surface area contributed by atoms with Crippen LogP contribution in [0.25, 0.3) is 16.8 Å². The largest absolute Gasteiger partial charge is 0.484 e. The van der Waals surface area contributed by atoms with Crippen molar-refractivity contribution in [1.82, 2.24) is 4.90 Å². The third kappa shape index (κ3) is 5.73. The third-order valence-electron chi connectivity index (χ3n) is 5.94. The van der Waals surface area contributed by atoms with E-state index in [9.17, 15) is 14.4 Å². The second kappa shape index (κ2) is 10.7. The van der Waals surface area contributed by atoms with E-state index in [0.29, 0.717) is 21.9 Å². The van der Waals surface area contributed by atoms with Gasteiger partial charge in [0.25, 0.3) is 17.1 Å². The number of rotatable bonds is 7. The van der Waals surface area contributed by atoms with Crippen molar-refractivity contribution < 1.29 is 19.1 Å². The van der Waals surface area contributed by atoms with Crippen LogP contribution >= 0.6 is 11.8 Å². The van der Waals surface area contributed by atoms with Crippen LogP contribution in [0.4, 0.5) is 10.5 Å². The average Bonchev–Trinajstić information content (AvgIpc) is 3.16. The molecule has 0 aliphatic carbocycles. The highest BCUT2D eigenvalue weighted by Crippen LogP contribution is 2.34. The van der Waals surface area contributed by atoms with Crippen LogP contribution in [0, 0.1) is 6.92 Å². The molecule has 0 bridgehead atoms. The van der Waals surface area contributed by atoms with Gasteiger partial charge >= 0.3 is 0 Å². The van der Waals surface area contributed by atoms with Gasteiger partial charge in [-0.25, -0.2) is 0 Å². The second-order valence-corrected chi connectivity index (χ2v) is 9.67. The van der Waals surface area contributed by atoms with E-state index in [4.69, 9.17) is 4.74 Å². The lowest BCUT2D eigenvalue weighted by Gasteiger charge is -2.14. The second-order valence-electron chi connectivity index (χ2n) is 8.68. The van der Waals surface area contributed by atoms with E-state index in [0.717, 1.165) is 33.7 Å². The summed E-state index contributed by atoms with van der Waals surface area (Å²) in [5.74, 6) is -0.113. The zero-order chi connectivity index (χ0) is 25.8. The molecule has 1 N–H and O–H groups in total. The molecule has 3 amide bonds. The van der Waals surface area contributed by atoms with E-state index in [2.05, 4.69) is 5.32 Å². The van der Waals surface area contributed by atoms with Crippen LogP contribution in [0.5, 0.6) is 5.75 Å². The van der Waals surface area contributed by atoms with Crippen molar-refractivity contribution in [2.45, 2.75) is 13.5 Å². The van der Waals surface area contributed by atoms with Gasteiger partial charge < -0.3 is 10.1 Å². The number of amides is 3. The van der Waals surface area contributed by atoms with Crippen LogP contribution in [0.3, 0.4) is 0 Å². The molecule has 1 fully saturated rings. The molecule has 4 aromatic rings. The van der Waals surface area contributed by atoms with Gasteiger partial charge in [-0.1, -0.05) is 72.3 Å². The van der Waals surface area contributed by atoms with Gasteiger partial charge in [0.05, 0.1) is 11.4 Å². The van der Waals surface area contributed by atoms with E-state index in [-0.39, 0.29) is 30.2 Å². The van der Waals surface area contributed by atoms with Crippen LogP contribution in [0.1, 0.15) is 16.7 Å². The molecular weight excluding hydrogens is 484 g/mol. The van der Waals surface area contributed by atoms with Crippen LogP contribution in [-0.2, 0) is 16.1 Å². The Morgan fingerprint density at radius 2 is 1.70 bits per heavy atom. The lowest BCUT2D eigenvalue weighted by atomic mass is 10.0. The summed E-state index contributed by atoms with van der Waals surface area (Å²) in [6.45, 7) is 2.04. The number of carbonyl (C=O) groups excluding carboxylic acids is 3. The molecule has 1 heterocycles. The molecule has 7 heteroatoms. The quantitative estimate of drug-likeness (QED) is 0.292.